The van der Waals surface area contributed by atoms with Gasteiger partial charge in [-0.25, -0.2) is 0 Å². The summed E-state index contributed by atoms with van der Waals surface area (Å²) in [6.07, 6.45) is 8.10. The van der Waals surface area contributed by atoms with Crippen LogP contribution in [0.4, 0.5) is 0 Å². The van der Waals surface area contributed by atoms with Crippen molar-refractivity contribution < 1.29 is 24.2 Å². The normalized spacial score (nSPS) is 47.3. The number of rotatable bonds is 2. The Kier molecular flexibility index (Phi) is 5.84. The molecule has 0 radical (unpaired) electrons. The van der Waals surface area contributed by atoms with Crippen LogP contribution in [0.25, 0.3) is 0 Å². The Morgan fingerprint density at radius 1 is 1.11 bits per heavy atom. The summed E-state index contributed by atoms with van der Waals surface area (Å²) < 4.78 is 5.62. The second kappa shape index (κ2) is 8.13. The van der Waals surface area contributed by atoms with E-state index in [4.69, 9.17) is 4.74 Å². The van der Waals surface area contributed by atoms with Gasteiger partial charge in [0.05, 0.1) is 17.6 Å². The molecule has 0 aromatic carbocycles. The fourth-order valence-electron chi connectivity index (χ4n) is 9.88. The molecule has 3 saturated carbocycles. The Labute approximate surface area is 226 Å². The van der Waals surface area contributed by atoms with E-state index in [2.05, 4.69) is 40.7 Å². The fraction of sp³-hybridized carbons (Fsp3) is 0.750. The number of carbonyl (C=O) groups excluding carboxylic acids is 3. The average Bonchev–Trinajstić information content (AvgIpc) is 2.85. The summed E-state index contributed by atoms with van der Waals surface area (Å²) in [7, 11) is 0. The highest BCUT2D eigenvalue weighted by molar-refractivity contribution is 6.04. The molecule has 6 heteroatoms. The van der Waals surface area contributed by atoms with Crippen LogP contribution in [0.3, 0.4) is 0 Å². The number of nitrogens with zero attached hydrogens (tertiary/aromatic N) is 1. The molecule has 206 valence electrons. The third kappa shape index (κ3) is 3.06. The third-order valence-corrected chi connectivity index (χ3v) is 12.4. The van der Waals surface area contributed by atoms with Gasteiger partial charge in [0.1, 0.15) is 11.7 Å². The molecule has 5 aliphatic carbocycles. The minimum absolute atomic E-state index is 0.00940. The largest absolute Gasteiger partial charge is 0.466 e. The minimum Gasteiger partial charge on any atom is -0.466 e. The Morgan fingerprint density at radius 2 is 1.76 bits per heavy atom. The van der Waals surface area contributed by atoms with Crippen molar-refractivity contribution in [3.8, 4) is 6.07 Å². The highest BCUT2D eigenvalue weighted by atomic mass is 16.5. The number of allylic oxidation sites excluding steroid dienone is 3. The maximum absolute atomic E-state index is 14.4. The number of hydrogen-bond acceptors (Lipinski definition) is 6. The van der Waals surface area contributed by atoms with Crippen molar-refractivity contribution in [1.82, 2.24) is 0 Å². The topological polar surface area (TPSA) is 104 Å². The molecule has 0 bridgehead atoms. The molecule has 5 rings (SSSR count). The number of ether oxygens (including phenoxy) is 1. The van der Waals surface area contributed by atoms with Crippen LogP contribution < -0.4 is 0 Å². The van der Waals surface area contributed by atoms with Gasteiger partial charge in [0, 0.05) is 22.7 Å². The van der Waals surface area contributed by atoms with Gasteiger partial charge in [-0.2, -0.15) is 5.26 Å². The number of ketones is 2. The molecule has 8 atom stereocenters. The first-order valence-corrected chi connectivity index (χ1v) is 14.4. The van der Waals surface area contributed by atoms with Crippen LogP contribution in [-0.4, -0.2) is 34.9 Å². The molecule has 3 fully saturated rings. The molecule has 0 spiro atoms. The van der Waals surface area contributed by atoms with Crippen LogP contribution in [0, 0.1) is 56.2 Å². The first kappa shape index (κ1) is 27.3. The number of fused-ring (bicyclic) bond motifs is 7. The van der Waals surface area contributed by atoms with Crippen LogP contribution in [-0.2, 0) is 19.1 Å². The molecular weight excluding hydrogens is 478 g/mol. The van der Waals surface area contributed by atoms with Gasteiger partial charge >= 0.3 is 5.97 Å². The number of aliphatic hydroxyl groups is 1. The smallest absolute Gasteiger partial charge is 0.312 e. The van der Waals surface area contributed by atoms with Crippen LogP contribution in [0.1, 0.15) is 93.4 Å². The van der Waals surface area contributed by atoms with Gasteiger partial charge in [-0.3, -0.25) is 14.4 Å². The van der Waals surface area contributed by atoms with Gasteiger partial charge in [-0.1, -0.05) is 47.6 Å². The Bertz CT molecular complexity index is 1220. The molecule has 1 N–H and O–H groups in total. The second-order valence-electron chi connectivity index (χ2n) is 14.4. The van der Waals surface area contributed by atoms with Crippen molar-refractivity contribution in [2.24, 2.45) is 44.8 Å². The molecule has 0 aromatic rings. The summed E-state index contributed by atoms with van der Waals surface area (Å²) in [6.45, 7) is 14.6. The summed E-state index contributed by atoms with van der Waals surface area (Å²) in [6, 6.07) is 2.11. The lowest BCUT2D eigenvalue weighted by Gasteiger charge is -2.70. The predicted molar refractivity (Wildman–Crippen MR) is 142 cm³/mol. The molecule has 8 unspecified atom stereocenters. The zero-order valence-corrected chi connectivity index (χ0v) is 24.1. The molecule has 6 nitrogen and oxygen atoms in total. The third-order valence-electron chi connectivity index (χ3n) is 12.4. The van der Waals surface area contributed by atoms with E-state index in [0.717, 1.165) is 24.8 Å². The van der Waals surface area contributed by atoms with E-state index in [1.54, 1.807) is 19.1 Å². The lowest BCUT2D eigenvalue weighted by atomic mass is 9.33. The zero-order valence-electron chi connectivity index (χ0n) is 24.1. The van der Waals surface area contributed by atoms with Gasteiger partial charge in [0.25, 0.3) is 0 Å². The van der Waals surface area contributed by atoms with Crippen molar-refractivity contribution in [1.29, 1.82) is 5.26 Å². The van der Waals surface area contributed by atoms with E-state index in [1.807, 2.05) is 6.92 Å². The van der Waals surface area contributed by atoms with Gasteiger partial charge in [0.2, 0.25) is 0 Å². The van der Waals surface area contributed by atoms with Crippen LogP contribution in [0.15, 0.2) is 23.3 Å². The van der Waals surface area contributed by atoms with E-state index >= 15 is 0 Å². The fourth-order valence-corrected chi connectivity index (χ4v) is 9.88. The Balaban J connectivity index is 1.73. The monoisotopic (exact) mass is 521 g/mol. The summed E-state index contributed by atoms with van der Waals surface area (Å²) in [5.74, 6) is -1.59. The van der Waals surface area contributed by atoms with Crippen molar-refractivity contribution in [3.05, 3.63) is 23.3 Å². The standard InChI is InChI=1S/C32H43NO5/c1-8-38-26(36)31-13-11-27(3,4)17-23(31)32(37)24(34)15-22-28(5)16-20(18-33)25(35)19(2)21(28)9-10-29(22,6)30(32,7)12-14-31/h15-16,19,21,23,37H,8-14,17H2,1-7H3. The Hall–Kier alpha value is -2.26. The summed E-state index contributed by atoms with van der Waals surface area (Å²) in [4.78, 5) is 40.9. The number of nitriles is 1. The van der Waals surface area contributed by atoms with Gasteiger partial charge < -0.3 is 9.84 Å². The number of carbonyl (C=O) groups is 3. The predicted octanol–water partition coefficient (Wildman–Crippen LogP) is 5.49. The number of hydrogen-bond donors (Lipinski definition) is 1. The maximum atomic E-state index is 14.4. The summed E-state index contributed by atoms with van der Waals surface area (Å²) in [5.41, 5.74) is -3.59. The first-order chi connectivity index (χ1) is 17.6. The van der Waals surface area contributed by atoms with Crippen molar-refractivity contribution >= 4 is 17.5 Å². The number of Topliss-reactive ketones (excluding diaryl/α,β-unsaturated/α-hetero) is 1. The molecule has 0 aromatic heterocycles. The quantitative estimate of drug-likeness (QED) is 0.482. The molecule has 0 saturated heterocycles. The first-order valence-electron chi connectivity index (χ1n) is 14.4. The SMILES string of the molecule is CCOC(=O)C12CCC(C)(C)CC1C1(O)C(=O)C=C3C4(C)C=C(C#N)C(=O)C(C)C4CCC3(C)C1(C)CC2. The molecule has 0 aliphatic heterocycles. The van der Waals surface area contributed by atoms with Gasteiger partial charge in [-0.15, -0.1) is 0 Å². The van der Waals surface area contributed by atoms with Crippen molar-refractivity contribution in [2.45, 2.75) is 99.0 Å². The van der Waals surface area contributed by atoms with Gasteiger partial charge in [0.15, 0.2) is 11.6 Å². The molecule has 0 amide bonds. The highest BCUT2D eigenvalue weighted by Crippen LogP contribution is 2.75. The van der Waals surface area contributed by atoms with Gasteiger partial charge in [-0.05, 0) is 80.3 Å². The number of esters is 1. The summed E-state index contributed by atoms with van der Waals surface area (Å²) in [5, 5.41) is 22.6. The van der Waals surface area contributed by atoms with E-state index < -0.39 is 33.2 Å². The van der Waals surface area contributed by atoms with E-state index in [-0.39, 0.29) is 47.0 Å². The molecule has 38 heavy (non-hydrogen) atoms. The minimum atomic E-state index is -1.71. The highest BCUT2D eigenvalue weighted by Gasteiger charge is 2.76. The van der Waals surface area contributed by atoms with E-state index in [9.17, 15) is 24.8 Å². The van der Waals surface area contributed by atoms with E-state index in [1.165, 1.54) is 0 Å². The van der Waals surface area contributed by atoms with E-state index in [0.29, 0.717) is 25.7 Å². The van der Waals surface area contributed by atoms with Crippen LogP contribution in [0.5, 0.6) is 0 Å². The van der Waals surface area contributed by atoms with Crippen molar-refractivity contribution in [3.63, 3.8) is 0 Å². The zero-order chi connectivity index (χ0) is 28.1. The van der Waals surface area contributed by atoms with Crippen molar-refractivity contribution in [2.75, 3.05) is 6.61 Å². The Morgan fingerprint density at radius 3 is 2.39 bits per heavy atom. The van der Waals surface area contributed by atoms with Crippen LogP contribution in [0.2, 0.25) is 0 Å². The lowest BCUT2D eigenvalue weighted by Crippen LogP contribution is -2.74. The maximum Gasteiger partial charge on any atom is 0.312 e. The average molecular weight is 522 g/mol. The second-order valence-corrected chi connectivity index (χ2v) is 14.4. The van der Waals surface area contributed by atoms with Crippen LogP contribution >= 0.6 is 0 Å². The summed E-state index contributed by atoms with van der Waals surface area (Å²) >= 11 is 0. The molecule has 0 heterocycles. The lowest BCUT2D eigenvalue weighted by molar-refractivity contribution is -0.248. The molecule has 5 aliphatic rings. The molecular formula is C32H43NO5.